The zero-order valence-corrected chi connectivity index (χ0v) is 21.8. The number of nitrogens with two attached hydrogens (primary N) is 1. The van der Waals surface area contributed by atoms with Gasteiger partial charge in [-0.15, -0.1) is 0 Å². The normalized spacial score (nSPS) is 12.8. The zero-order valence-electron chi connectivity index (χ0n) is 21.8. The van der Waals surface area contributed by atoms with Crippen LogP contribution in [-0.2, 0) is 25.6 Å². The van der Waals surface area contributed by atoms with Gasteiger partial charge >= 0.3 is 0 Å². The topological polar surface area (TPSA) is 183 Å². The number of nitrogens with zero attached hydrogens (tertiary/aromatic N) is 1. The highest BCUT2D eigenvalue weighted by atomic mass is 19.1. The molecule has 0 aliphatic rings. The molecular weight excluding hydrogens is 507 g/mol. The highest BCUT2D eigenvalue weighted by Crippen LogP contribution is 2.11. The molecule has 0 fully saturated rings. The smallest absolute Gasteiger partial charge is 0.251 e. The third kappa shape index (κ3) is 9.23. The van der Waals surface area contributed by atoms with Crippen LogP contribution in [0.1, 0.15) is 42.3 Å². The van der Waals surface area contributed by atoms with Crippen LogP contribution in [0.5, 0.6) is 0 Å². The highest BCUT2D eigenvalue weighted by Gasteiger charge is 2.29. The highest BCUT2D eigenvalue weighted by molar-refractivity contribution is 5.99. The molecule has 2 rings (SSSR count). The Bertz CT molecular complexity index is 1260. The number of nitrogens with one attached hydrogen (secondary N) is 4. The van der Waals surface area contributed by atoms with Crippen molar-refractivity contribution in [3.63, 3.8) is 0 Å². The molecule has 0 aromatic heterocycles. The summed E-state index contributed by atoms with van der Waals surface area (Å²) in [5.74, 6) is -4.60. The van der Waals surface area contributed by atoms with Gasteiger partial charge in [-0.1, -0.05) is 44.2 Å². The maximum atomic E-state index is 13.6. The zero-order chi connectivity index (χ0) is 29.1. The number of carbonyl (C=O) groups is 5. The molecule has 0 bridgehead atoms. The maximum Gasteiger partial charge on any atom is 0.251 e. The van der Waals surface area contributed by atoms with E-state index in [1.807, 2.05) is 0 Å². The summed E-state index contributed by atoms with van der Waals surface area (Å²) in [5.41, 5.74) is 5.51. The minimum Gasteiger partial charge on any atom is -0.368 e. The van der Waals surface area contributed by atoms with Crippen molar-refractivity contribution < 1.29 is 28.4 Å². The Hall–Kier alpha value is -4.79. The van der Waals surface area contributed by atoms with Crippen molar-refractivity contribution in [3.05, 3.63) is 71.0 Å². The Morgan fingerprint density at radius 2 is 1.59 bits per heavy atom. The van der Waals surface area contributed by atoms with Crippen molar-refractivity contribution in [3.8, 4) is 6.07 Å². The molecule has 5 amide bonds. The van der Waals surface area contributed by atoms with E-state index in [2.05, 4.69) is 21.3 Å². The van der Waals surface area contributed by atoms with Gasteiger partial charge in [-0.2, -0.15) is 5.26 Å². The molecule has 206 valence electrons. The molecule has 0 heterocycles. The fourth-order valence-electron chi connectivity index (χ4n) is 3.53. The van der Waals surface area contributed by atoms with Crippen LogP contribution < -0.4 is 27.0 Å². The molecule has 0 aliphatic heterocycles. The molecule has 2 aromatic rings. The molecule has 11 nitrogen and oxygen atoms in total. The summed E-state index contributed by atoms with van der Waals surface area (Å²) in [6.45, 7) is 4.36. The van der Waals surface area contributed by atoms with Gasteiger partial charge in [0, 0.05) is 12.0 Å². The first-order valence-corrected chi connectivity index (χ1v) is 12.1. The number of hydrogen-bond acceptors (Lipinski definition) is 6. The monoisotopic (exact) mass is 538 g/mol. The summed E-state index contributed by atoms with van der Waals surface area (Å²) in [6, 6.07) is 10.5. The van der Waals surface area contributed by atoms with E-state index < -0.39 is 65.9 Å². The van der Waals surface area contributed by atoms with E-state index in [-0.39, 0.29) is 17.5 Å². The van der Waals surface area contributed by atoms with Gasteiger partial charge in [-0.05, 0) is 36.6 Å². The van der Waals surface area contributed by atoms with Crippen LogP contribution in [0.25, 0.3) is 0 Å². The first kappa shape index (κ1) is 30.4. The Balaban J connectivity index is 2.09. The average molecular weight is 539 g/mol. The van der Waals surface area contributed by atoms with Crippen LogP contribution in [0.2, 0.25) is 0 Å². The van der Waals surface area contributed by atoms with E-state index >= 15 is 0 Å². The Morgan fingerprint density at radius 3 is 2.18 bits per heavy atom. The van der Waals surface area contributed by atoms with Crippen molar-refractivity contribution >= 4 is 29.5 Å². The largest absolute Gasteiger partial charge is 0.368 e. The first-order valence-electron chi connectivity index (χ1n) is 12.1. The summed E-state index contributed by atoms with van der Waals surface area (Å²) in [7, 11) is 0. The predicted molar refractivity (Wildman–Crippen MR) is 139 cm³/mol. The molecular formula is C27H31FN6O5. The lowest BCUT2D eigenvalue weighted by Crippen LogP contribution is -2.57. The number of amides is 5. The lowest BCUT2D eigenvalue weighted by Gasteiger charge is -2.25. The number of carbonyl (C=O) groups excluding carboxylic acids is 5. The molecule has 0 aliphatic carbocycles. The van der Waals surface area contributed by atoms with Crippen molar-refractivity contribution in [2.45, 2.75) is 45.3 Å². The second-order valence-corrected chi connectivity index (χ2v) is 9.17. The molecule has 12 heteroatoms. The minimum atomic E-state index is -1.10. The molecule has 0 unspecified atom stereocenters. The first-order chi connectivity index (χ1) is 18.4. The van der Waals surface area contributed by atoms with Gasteiger partial charge in [-0.3, -0.25) is 24.0 Å². The van der Waals surface area contributed by atoms with Gasteiger partial charge in [0.25, 0.3) is 5.91 Å². The maximum absolute atomic E-state index is 13.6. The van der Waals surface area contributed by atoms with Crippen LogP contribution in [0.3, 0.4) is 0 Å². The summed E-state index contributed by atoms with van der Waals surface area (Å²) in [6.07, 6.45) is 0.116. The molecule has 0 spiro atoms. The van der Waals surface area contributed by atoms with Crippen molar-refractivity contribution in [1.82, 2.24) is 21.3 Å². The molecule has 2 aromatic carbocycles. The third-order valence-corrected chi connectivity index (χ3v) is 5.69. The predicted octanol–water partition coefficient (Wildman–Crippen LogP) is 0.285. The van der Waals surface area contributed by atoms with Gasteiger partial charge < -0.3 is 27.0 Å². The van der Waals surface area contributed by atoms with Gasteiger partial charge in [0.1, 0.15) is 30.0 Å². The second-order valence-electron chi connectivity index (χ2n) is 9.17. The van der Waals surface area contributed by atoms with Crippen LogP contribution in [0, 0.1) is 23.1 Å². The van der Waals surface area contributed by atoms with Gasteiger partial charge in [0.15, 0.2) is 0 Å². The lowest BCUT2D eigenvalue weighted by atomic mass is 10.0. The van der Waals surface area contributed by atoms with Crippen molar-refractivity contribution in [2.24, 2.45) is 11.7 Å². The summed E-state index contributed by atoms with van der Waals surface area (Å²) >= 11 is 0. The molecule has 39 heavy (non-hydrogen) atoms. The van der Waals surface area contributed by atoms with Crippen LogP contribution in [0.4, 0.5) is 4.39 Å². The SMILES string of the molecule is CC(C)[C@H](NC(=O)c1ccc(F)c(C#N)c1)C(=O)N[C@H](C)C(=O)N[C@@H](Cc1ccccc1)C(=O)NCC(N)=O. The Morgan fingerprint density at radius 1 is 0.923 bits per heavy atom. The van der Waals surface area contributed by atoms with Crippen molar-refractivity contribution in [2.75, 3.05) is 6.54 Å². The van der Waals surface area contributed by atoms with E-state index in [9.17, 15) is 28.4 Å². The fraction of sp³-hybridized carbons (Fsp3) is 0.333. The Kier molecular flexibility index (Phi) is 11.1. The van der Waals surface area contributed by atoms with Crippen LogP contribution in [-0.4, -0.2) is 54.2 Å². The third-order valence-electron chi connectivity index (χ3n) is 5.69. The number of rotatable bonds is 12. The fourth-order valence-corrected chi connectivity index (χ4v) is 3.53. The van der Waals surface area contributed by atoms with E-state index in [1.165, 1.54) is 13.0 Å². The average Bonchev–Trinajstić information content (AvgIpc) is 2.90. The Labute approximate surface area is 225 Å². The van der Waals surface area contributed by atoms with Crippen LogP contribution >= 0.6 is 0 Å². The minimum absolute atomic E-state index is 0.0112. The lowest BCUT2D eigenvalue weighted by molar-refractivity contribution is -0.132. The summed E-state index contributed by atoms with van der Waals surface area (Å²) < 4.78 is 13.6. The second kappa shape index (κ2) is 14.2. The molecule has 0 saturated heterocycles. The molecule has 0 saturated carbocycles. The van der Waals surface area contributed by atoms with Crippen molar-refractivity contribution in [1.29, 1.82) is 5.26 Å². The number of halogens is 1. The molecule has 6 N–H and O–H groups in total. The standard InChI is InChI=1S/C27H31FN6O5/c1-15(2)23(34-25(37)18-9-10-20(28)19(12-18)13-29)27(39)32-16(3)24(36)33-21(26(38)31-14-22(30)35)11-17-7-5-4-6-8-17/h4-10,12,15-16,21,23H,11,14H2,1-3H3,(H2,30,35)(H,31,38)(H,32,39)(H,33,36)(H,34,37)/t16-,21+,23+/m1/s1. The van der Waals surface area contributed by atoms with E-state index in [4.69, 9.17) is 11.0 Å². The molecule has 0 radical (unpaired) electrons. The number of hydrogen-bond donors (Lipinski definition) is 5. The van der Waals surface area contributed by atoms with E-state index in [0.29, 0.717) is 0 Å². The van der Waals surface area contributed by atoms with E-state index in [1.54, 1.807) is 50.2 Å². The number of primary amides is 1. The summed E-state index contributed by atoms with van der Waals surface area (Å²) in [5, 5.41) is 19.0. The molecule has 3 atom stereocenters. The number of nitriles is 1. The van der Waals surface area contributed by atoms with Gasteiger partial charge in [-0.25, -0.2) is 4.39 Å². The quantitative estimate of drug-likeness (QED) is 0.259. The summed E-state index contributed by atoms with van der Waals surface area (Å²) in [4.78, 5) is 62.3. The van der Waals surface area contributed by atoms with Gasteiger partial charge in [0.05, 0.1) is 12.1 Å². The van der Waals surface area contributed by atoms with E-state index in [0.717, 1.165) is 17.7 Å². The van der Waals surface area contributed by atoms with Crippen LogP contribution in [0.15, 0.2) is 48.5 Å². The van der Waals surface area contributed by atoms with Gasteiger partial charge in [0.2, 0.25) is 23.6 Å². The number of benzene rings is 2.